The normalized spacial score (nSPS) is 11.8. The van der Waals surface area contributed by atoms with E-state index in [-0.39, 0.29) is 0 Å². The summed E-state index contributed by atoms with van der Waals surface area (Å²) in [6.45, 7) is 2.03. The van der Waals surface area contributed by atoms with Crippen LogP contribution in [0.4, 0.5) is 5.69 Å². The second-order valence-corrected chi connectivity index (χ2v) is 6.14. The van der Waals surface area contributed by atoms with Gasteiger partial charge in [-0.15, -0.1) is 0 Å². The highest BCUT2D eigenvalue weighted by Gasteiger charge is 2.06. The number of aromatic nitrogens is 2. The van der Waals surface area contributed by atoms with Crippen molar-refractivity contribution in [3.8, 4) is 6.07 Å². The molecule has 0 amide bonds. The molecule has 0 saturated carbocycles. The van der Waals surface area contributed by atoms with Crippen LogP contribution in [-0.2, 0) is 0 Å². The first-order valence-electron chi connectivity index (χ1n) is 8.09. The number of hydrogen-bond acceptors (Lipinski definition) is 3. The summed E-state index contributed by atoms with van der Waals surface area (Å²) in [7, 11) is 4.03. The Kier molecular flexibility index (Phi) is 4.67. The van der Waals surface area contributed by atoms with Gasteiger partial charge in [0.05, 0.1) is 16.6 Å². The molecule has 0 unspecified atom stereocenters. The minimum Gasteiger partial charge on any atom is -0.378 e. The monoisotopic (exact) mass is 328 g/mol. The van der Waals surface area contributed by atoms with E-state index >= 15 is 0 Å². The van der Waals surface area contributed by atoms with Gasteiger partial charge in [0.15, 0.2) is 0 Å². The first-order valence-corrected chi connectivity index (χ1v) is 8.09. The number of allylic oxidation sites excluding steroid dienone is 3. The molecule has 1 N–H and O–H groups in total. The van der Waals surface area contributed by atoms with Crippen molar-refractivity contribution in [3.05, 3.63) is 71.6 Å². The van der Waals surface area contributed by atoms with E-state index in [0.717, 1.165) is 27.8 Å². The van der Waals surface area contributed by atoms with Crippen LogP contribution in [0.25, 0.3) is 22.7 Å². The summed E-state index contributed by atoms with van der Waals surface area (Å²) in [4.78, 5) is 9.77. The van der Waals surface area contributed by atoms with E-state index in [2.05, 4.69) is 45.2 Å². The van der Waals surface area contributed by atoms with E-state index in [9.17, 15) is 5.26 Å². The van der Waals surface area contributed by atoms with Crippen molar-refractivity contribution in [2.75, 3.05) is 19.0 Å². The fourth-order valence-electron chi connectivity index (χ4n) is 2.56. The first-order chi connectivity index (χ1) is 12.1. The molecule has 1 heterocycles. The lowest BCUT2D eigenvalue weighted by molar-refractivity contribution is 1.13. The molecule has 0 atom stereocenters. The Hall–Kier alpha value is -3.32. The summed E-state index contributed by atoms with van der Waals surface area (Å²) < 4.78 is 0. The molecule has 124 valence electrons. The van der Waals surface area contributed by atoms with Gasteiger partial charge in [-0.1, -0.05) is 30.4 Å². The topological polar surface area (TPSA) is 55.7 Å². The highest BCUT2D eigenvalue weighted by Crippen LogP contribution is 2.18. The van der Waals surface area contributed by atoms with Gasteiger partial charge >= 0.3 is 0 Å². The highest BCUT2D eigenvalue weighted by molar-refractivity contribution is 5.83. The van der Waals surface area contributed by atoms with Gasteiger partial charge in [0.2, 0.25) is 0 Å². The molecule has 4 nitrogen and oxygen atoms in total. The molecule has 0 spiro atoms. The lowest BCUT2D eigenvalue weighted by Crippen LogP contribution is -2.07. The van der Waals surface area contributed by atoms with Gasteiger partial charge in [0.25, 0.3) is 0 Å². The van der Waals surface area contributed by atoms with Gasteiger partial charge in [-0.25, -0.2) is 4.98 Å². The van der Waals surface area contributed by atoms with Crippen LogP contribution in [0.1, 0.15) is 17.0 Å². The number of anilines is 1. The minimum absolute atomic E-state index is 0.509. The number of H-pyrrole nitrogens is 1. The molecule has 3 rings (SSSR count). The van der Waals surface area contributed by atoms with Gasteiger partial charge in [-0.3, -0.25) is 0 Å². The molecule has 2 aromatic carbocycles. The number of nitriles is 1. The third-order valence-corrected chi connectivity index (χ3v) is 3.97. The first kappa shape index (κ1) is 16.5. The summed E-state index contributed by atoms with van der Waals surface area (Å²) in [5, 5.41) is 9.44. The van der Waals surface area contributed by atoms with Gasteiger partial charge in [-0.2, -0.15) is 5.26 Å². The maximum absolute atomic E-state index is 9.44. The number of hydrogen-bond donors (Lipinski definition) is 1. The number of benzene rings is 2. The standard InChI is InChI=1S/C21H20N4/c1-15-7-12-19-20(13-15)24-21(23-19)17(14-22)6-4-5-16-8-10-18(11-9-16)25(2)3/h4-13H,1-3H3,(H,23,24)/b5-4+,17-6+. The summed E-state index contributed by atoms with van der Waals surface area (Å²) in [5.41, 5.74) is 5.72. The van der Waals surface area contributed by atoms with Crippen molar-refractivity contribution in [3.63, 3.8) is 0 Å². The Balaban J connectivity index is 1.83. The molecule has 0 bridgehead atoms. The van der Waals surface area contributed by atoms with E-state index in [1.165, 1.54) is 0 Å². The van der Waals surface area contributed by atoms with E-state index in [1.54, 1.807) is 6.08 Å². The van der Waals surface area contributed by atoms with E-state index in [4.69, 9.17) is 0 Å². The lowest BCUT2D eigenvalue weighted by atomic mass is 10.1. The van der Waals surface area contributed by atoms with Crippen molar-refractivity contribution < 1.29 is 0 Å². The zero-order valence-corrected chi connectivity index (χ0v) is 14.6. The fraction of sp³-hybridized carbons (Fsp3) is 0.143. The molecule has 0 aliphatic heterocycles. The number of nitrogens with zero attached hydrogens (tertiary/aromatic N) is 3. The Bertz CT molecular complexity index is 983. The van der Waals surface area contributed by atoms with Gasteiger partial charge < -0.3 is 9.88 Å². The third-order valence-electron chi connectivity index (χ3n) is 3.97. The van der Waals surface area contributed by atoms with E-state index < -0.39 is 0 Å². The fourth-order valence-corrected chi connectivity index (χ4v) is 2.56. The van der Waals surface area contributed by atoms with Crippen molar-refractivity contribution >= 4 is 28.4 Å². The summed E-state index contributed by atoms with van der Waals surface area (Å²) in [6, 6.07) is 16.5. The maximum atomic E-state index is 9.44. The van der Waals surface area contributed by atoms with Crippen LogP contribution in [0.2, 0.25) is 0 Å². The molecule has 0 aliphatic carbocycles. The summed E-state index contributed by atoms with van der Waals surface area (Å²) in [5.74, 6) is 0.593. The Labute approximate surface area is 147 Å². The zero-order valence-electron chi connectivity index (χ0n) is 14.6. The second-order valence-electron chi connectivity index (χ2n) is 6.14. The second kappa shape index (κ2) is 7.06. The number of rotatable bonds is 4. The molecule has 0 saturated heterocycles. The van der Waals surface area contributed by atoms with Crippen molar-refractivity contribution in [2.24, 2.45) is 0 Å². The zero-order chi connectivity index (χ0) is 17.8. The number of nitrogens with one attached hydrogen (secondary N) is 1. The number of aromatic amines is 1. The minimum atomic E-state index is 0.509. The van der Waals surface area contributed by atoms with Crippen LogP contribution in [0.3, 0.4) is 0 Å². The largest absolute Gasteiger partial charge is 0.378 e. The van der Waals surface area contributed by atoms with Crippen LogP contribution in [-0.4, -0.2) is 24.1 Å². The van der Waals surface area contributed by atoms with E-state index in [1.807, 2.05) is 51.4 Å². The van der Waals surface area contributed by atoms with Crippen LogP contribution in [0, 0.1) is 18.3 Å². The van der Waals surface area contributed by atoms with Crippen LogP contribution in [0.5, 0.6) is 0 Å². The van der Waals surface area contributed by atoms with Gasteiger partial charge in [0.1, 0.15) is 11.9 Å². The number of aryl methyl sites for hydroxylation is 1. The third kappa shape index (κ3) is 3.78. The maximum Gasteiger partial charge on any atom is 0.149 e. The van der Waals surface area contributed by atoms with Crippen molar-refractivity contribution in [1.29, 1.82) is 5.26 Å². The van der Waals surface area contributed by atoms with Crippen LogP contribution >= 0.6 is 0 Å². The van der Waals surface area contributed by atoms with Gasteiger partial charge in [-0.05, 0) is 48.4 Å². The highest BCUT2D eigenvalue weighted by atomic mass is 15.1. The molecule has 3 aromatic rings. The molecular formula is C21H20N4. The molecule has 1 aromatic heterocycles. The van der Waals surface area contributed by atoms with E-state index in [0.29, 0.717) is 11.4 Å². The van der Waals surface area contributed by atoms with Crippen LogP contribution < -0.4 is 4.90 Å². The average molecular weight is 328 g/mol. The molecule has 0 fully saturated rings. The Morgan fingerprint density at radius 3 is 2.60 bits per heavy atom. The molecular weight excluding hydrogens is 308 g/mol. The smallest absolute Gasteiger partial charge is 0.149 e. The van der Waals surface area contributed by atoms with Gasteiger partial charge in [0, 0.05) is 19.8 Å². The van der Waals surface area contributed by atoms with Crippen LogP contribution in [0.15, 0.2) is 54.6 Å². The molecule has 4 heteroatoms. The molecule has 0 aliphatic rings. The Morgan fingerprint density at radius 1 is 1.16 bits per heavy atom. The number of fused-ring (bicyclic) bond motifs is 1. The molecule has 0 radical (unpaired) electrons. The SMILES string of the molecule is Cc1ccc2nc(/C(C#N)=C/C=C/c3ccc(N(C)C)cc3)[nH]c2c1. The average Bonchev–Trinajstić information content (AvgIpc) is 3.02. The predicted molar refractivity (Wildman–Crippen MR) is 104 cm³/mol. The number of imidazole rings is 1. The lowest BCUT2D eigenvalue weighted by Gasteiger charge is -2.11. The quantitative estimate of drug-likeness (QED) is 0.564. The Morgan fingerprint density at radius 2 is 1.92 bits per heavy atom. The van der Waals surface area contributed by atoms with Crippen molar-refractivity contribution in [1.82, 2.24) is 9.97 Å². The summed E-state index contributed by atoms with van der Waals surface area (Å²) in [6.07, 6.45) is 5.63. The summed E-state index contributed by atoms with van der Waals surface area (Å²) >= 11 is 0. The predicted octanol–water partition coefficient (Wildman–Crippen LogP) is 4.56. The van der Waals surface area contributed by atoms with Crippen molar-refractivity contribution in [2.45, 2.75) is 6.92 Å². The molecule has 25 heavy (non-hydrogen) atoms.